The monoisotopic (exact) mass is 241 g/mol. The molecule has 2 heterocycles. The first kappa shape index (κ1) is 11.0. The molecule has 1 aliphatic rings. The van der Waals surface area contributed by atoms with Crippen molar-refractivity contribution in [2.75, 3.05) is 11.5 Å². The average Bonchev–Trinajstić information content (AvgIpc) is 2.86. The van der Waals surface area contributed by atoms with Crippen LogP contribution in [0.4, 0.5) is 0 Å². The Labute approximate surface area is 95.8 Å². The molecule has 2 rings (SSSR count). The van der Waals surface area contributed by atoms with E-state index in [4.69, 9.17) is 5.11 Å². The number of carboxylic acids is 1. The van der Waals surface area contributed by atoms with E-state index in [1.54, 1.807) is 11.8 Å². The molecule has 1 atom stereocenters. The predicted octanol–water partition coefficient (Wildman–Crippen LogP) is 0.343. The molecule has 0 saturated carbocycles. The van der Waals surface area contributed by atoms with Gasteiger partial charge in [0, 0.05) is 11.8 Å². The first-order valence-corrected chi connectivity index (χ1v) is 5.99. The molecule has 16 heavy (non-hydrogen) atoms. The highest BCUT2D eigenvalue weighted by atomic mass is 32.2. The third-order valence-corrected chi connectivity index (χ3v) is 3.50. The Kier molecular flexibility index (Phi) is 3.14. The number of aromatic nitrogens is 2. The summed E-state index contributed by atoms with van der Waals surface area (Å²) >= 11 is 1.77. The summed E-state index contributed by atoms with van der Waals surface area (Å²) in [7, 11) is 0. The lowest BCUT2D eigenvalue weighted by Crippen LogP contribution is -2.35. The summed E-state index contributed by atoms with van der Waals surface area (Å²) in [6.07, 6.45) is 2.13. The van der Waals surface area contributed by atoms with Crippen LogP contribution in [0, 0.1) is 0 Å². The molecule has 6 nitrogen and oxygen atoms in total. The molecule has 1 amide bonds. The Morgan fingerprint density at radius 3 is 3.06 bits per heavy atom. The van der Waals surface area contributed by atoms with Crippen LogP contribution in [-0.2, 0) is 0 Å². The van der Waals surface area contributed by atoms with Gasteiger partial charge in [0.05, 0.1) is 6.33 Å². The zero-order chi connectivity index (χ0) is 11.5. The zero-order valence-electron chi connectivity index (χ0n) is 8.40. The highest BCUT2D eigenvalue weighted by Gasteiger charge is 2.23. The molecule has 0 aliphatic carbocycles. The van der Waals surface area contributed by atoms with Crippen LogP contribution in [0.25, 0.3) is 0 Å². The molecule has 1 fully saturated rings. The number of thioether (sulfide) groups is 1. The van der Waals surface area contributed by atoms with Crippen LogP contribution in [0.2, 0.25) is 0 Å². The number of hydrogen-bond acceptors (Lipinski definition) is 4. The quantitative estimate of drug-likeness (QED) is 0.709. The molecule has 0 aromatic carbocycles. The van der Waals surface area contributed by atoms with E-state index in [1.807, 2.05) is 0 Å². The molecule has 7 heteroatoms. The minimum absolute atomic E-state index is 0.0515. The Hall–Kier alpha value is -1.50. The van der Waals surface area contributed by atoms with Gasteiger partial charge in [0.15, 0.2) is 11.4 Å². The molecule has 1 aliphatic heterocycles. The van der Waals surface area contributed by atoms with E-state index in [-0.39, 0.29) is 17.4 Å². The number of aromatic carboxylic acids is 1. The Balaban J connectivity index is 2.08. The second-order valence-corrected chi connectivity index (χ2v) is 4.62. The third kappa shape index (κ3) is 2.19. The Bertz CT molecular complexity index is 412. The van der Waals surface area contributed by atoms with Gasteiger partial charge in [-0.15, -0.1) is 0 Å². The Morgan fingerprint density at radius 1 is 1.62 bits per heavy atom. The number of carboxylic acid groups (broad SMARTS) is 1. The van der Waals surface area contributed by atoms with Gasteiger partial charge in [-0.05, 0) is 12.2 Å². The number of aromatic amines is 1. The van der Waals surface area contributed by atoms with Crippen molar-refractivity contribution in [1.82, 2.24) is 15.3 Å². The van der Waals surface area contributed by atoms with E-state index in [0.717, 1.165) is 17.9 Å². The number of imidazole rings is 1. The summed E-state index contributed by atoms with van der Waals surface area (Å²) in [5, 5.41) is 11.6. The number of H-pyrrole nitrogens is 1. The van der Waals surface area contributed by atoms with Gasteiger partial charge < -0.3 is 15.4 Å². The molecule has 3 N–H and O–H groups in total. The molecular formula is C9H11N3O3S. The highest BCUT2D eigenvalue weighted by molar-refractivity contribution is 7.99. The lowest BCUT2D eigenvalue weighted by molar-refractivity contribution is 0.0684. The van der Waals surface area contributed by atoms with Crippen LogP contribution >= 0.6 is 11.8 Å². The van der Waals surface area contributed by atoms with E-state index in [1.165, 1.54) is 6.33 Å². The molecule has 1 saturated heterocycles. The van der Waals surface area contributed by atoms with Crippen LogP contribution in [0.1, 0.15) is 27.4 Å². The van der Waals surface area contributed by atoms with Crippen LogP contribution in [0.15, 0.2) is 6.33 Å². The Morgan fingerprint density at radius 2 is 2.44 bits per heavy atom. The summed E-state index contributed by atoms with van der Waals surface area (Å²) in [5.41, 5.74) is -0.215. The molecular weight excluding hydrogens is 230 g/mol. The summed E-state index contributed by atoms with van der Waals surface area (Å²) in [4.78, 5) is 28.6. The van der Waals surface area contributed by atoms with Crippen LogP contribution in [0.5, 0.6) is 0 Å². The predicted molar refractivity (Wildman–Crippen MR) is 58.7 cm³/mol. The second-order valence-electron chi connectivity index (χ2n) is 3.47. The van der Waals surface area contributed by atoms with Crippen molar-refractivity contribution in [3.8, 4) is 0 Å². The molecule has 0 bridgehead atoms. The SMILES string of the molecule is O=C(NC1CCSC1)c1nc[nH]c1C(=O)O. The van der Waals surface area contributed by atoms with Gasteiger partial charge in [0.25, 0.3) is 5.91 Å². The van der Waals surface area contributed by atoms with Crippen molar-refractivity contribution in [3.63, 3.8) is 0 Å². The van der Waals surface area contributed by atoms with Crippen LogP contribution in [0.3, 0.4) is 0 Å². The molecule has 1 aromatic rings. The van der Waals surface area contributed by atoms with Gasteiger partial charge in [-0.1, -0.05) is 0 Å². The van der Waals surface area contributed by atoms with Crippen molar-refractivity contribution >= 4 is 23.6 Å². The summed E-state index contributed by atoms with van der Waals surface area (Å²) in [6, 6.07) is 0.121. The fraction of sp³-hybridized carbons (Fsp3) is 0.444. The number of carbonyl (C=O) groups excluding carboxylic acids is 1. The normalized spacial score (nSPS) is 19.6. The van der Waals surface area contributed by atoms with Gasteiger partial charge in [-0.2, -0.15) is 11.8 Å². The highest BCUT2D eigenvalue weighted by Crippen LogP contribution is 2.17. The summed E-state index contributed by atoms with van der Waals surface area (Å²) in [5.74, 6) is 0.296. The third-order valence-electron chi connectivity index (χ3n) is 2.33. The van der Waals surface area contributed by atoms with E-state index in [0.29, 0.717) is 0 Å². The minimum atomic E-state index is -1.18. The molecule has 1 aromatic heterocycles. The van der Waals surface area contributed by atoms with Crippen LogP contribution < -0.4 is 5.32 Å². The largest absolute Gasteiger partial charge is 0.477 e. The van der Waals surface area contributed by atoms with Gasteiger partial charge in [0.1, 0.15) is 0 Å². The van der Waals surface area contributed by atoms with Crippen LogP contribution in [-0.4, -0.2) is 44.5 Å². The summed E-state index contributed by atoms with van der Waals surface area (Å²) in [6.45, 7) is 0. The van der Waals surface area contributed by atoms with Gasteiger partial charge in [-0.3, -0.25) is 4.79 Å². The van der Waals surface area contributed by atoms with Gasteiger partial charge in [-0.25, -0.2) is 9.78 Å². The first-order valence-electron chi connectivity index (χ1n) is 4.83. The van der Waals surface area contributed by atoms with Crippen molar-refractivity contribution in [1.29, 1.82) is 0 Å². The summed E-state index contributed by atoms with van der Waals surface area (Å²) < 4.78 is 0. The van der Waals surface area contributed by atoms with E-state index in [2.05, 4.69) is 15.3 Å². The number of nitrogens with zero attached hydrogens (tertiary/aromatic N) is 1. The molecule has 86 valence electrons. The maximum absolute atomic E-state index is 11.7. The number of carbonyl (C=O) groups is 2. The fourth-order valence-electron chi connectivity index (χ4n) is 1.53. The topological polar surface area (TPSA) is 95.1 Å². The number of amides is 1. The smallest absolute Gasteiger partial charge is 0.354 e. The minimum Gasteiger partial charge on any atom is -0.477 e. The maximum Gasteiger partial charge on any atom is 0.354 e. The maximum atomic E-state index is 11.7. The van der Waals surface area contributed by atoms with E-state index >= 15 is 0 Å². The standard InChI is InChI=1S/C9H11N3O3S/c13-8(12-5-1-2-16-3-5)6-7(9(14)15)11-4-10-6/h4-5H,1-3H2,(H,10,11)(H,12,13)(H,14,15). The molecule has 0 spiro atoms. The number of rotatable bonds is 3. The number of nitrogens with one attached hydrogen (secondary N) is 2. The van der Waals surface area contributed by atoms with Crippen molar-refractivity contribution < 1.29 is 14.7 Å². The van der Waals surface area contributed by atoms with E-state index in [9.17, 15) is 9.59 Å². The van der Waals surface area contributed by atoms with Gasteiger partial charge >= 0.3 is 5.97 Å². The average molecular weight is 241 g/mol. The fourth-order valence-corrected chi connectivity index (χ4v) is 2.68. The number of hydrogen-bond donors (Lipinski definition) is 3. The van der Waals surface area contributed by atoms with Crippen molar-refractivity contribution in [2.24, 2.45) is 0 Å². The second kappa shape index (κ2) is 4.56. The van der Waals surface area contributed by atoms with E-state index < -0.39 is 11.9 Å². The molecule has 1 unspecified atom stereocenters. The first-order chi connectivity index (χ1) is 7.68. The van der Waals surface area contributed by atoms with Gasteiger partial charge in [0.2, 0.25) is 0 Å². The molecule has 0 radical (unpaired) electrons. The lowest BCUT2D eigenvalue weighted by atomic mass is 10.2. The van der Waals surface area contributed by atoms with Crippen molar-refractivity contribution in [3.05, 3.63) is 17.7 Å². The zero-order valence-corrected chi connectivity index (χ0v) is 9.21. The van der Waals surface area contributed by atoms with Crippen molar-refractivity contribution in [2.45, 2.75) is 12.5 Å². The lowest BCUT2D eigenvalue weighted by Gasteiger charge is -2.09.